The van der Waals surface area contributed by atoms with Crippen LogP contribution in [0.3, 0.4) is 0 Å². The summed E-state index contributed by atoms with van der Waals surface area (Å²) in [5.74, 6) is 0.439. The molecule has 2 unspecified atom stereocenters. The second kappa shape index (κ2) is 6.13. The van der Waals surface area contributed by atoms with Crippen LogP contribution in [-0.2, 0) is 22.2 Å². The van der Waals surface area contributed by atoms with E-state index < -0.39 is 11.9 Å². The molecule has 1 aliphatic rings. The van der Waals surface area contributed by atoms with E-state index in [0.717, 1.165) is 18.9 Å². The molecule has 1 aromatic heterocycles. The summed E-state index contributed by atoms with van der Waals surface area (Å²) in [4.78, 5) is 0. The van der Waals surface area contributed by atoms with Gasteiger partial charge in [0.2, 0.25) is 0 Å². The Hall–Kier alpha value is -1.08. The molecule has 0 aliphatic carbocycles. The van der Waals surface area contributed by atoms with Gasteiger partial charge in [0.25, 0.3) is 0 Å². The predicted octanol–water partition coefficient (Wildman–Crippen LogP) is 3.04. The number of ether oxygens (including phenoxy) is 2. The number of alkyl halides is 3. The lowest BCUT2D eigenvalue weighted by atomic mass is 9.96. The third-order valence-corrected chi connectivity index (χ3v) is 3.48. The number of methoxy groups -OCH3 is 1. The number of rotatable bonds is 4. The Bertz CT molecular complexity index is 445. The van der Waals surface area contributed by atoms with Gasteiger partial charge in [-0.15, -0.1) is 0 Å². The van der Waals surface area contributed by atoms with Gasteiger partial charge in [-0.2, -0.15) is 18.3 Å². The lowest BCUT2D eigenvalue weighted by molar-refractivity contribution is -0.141. The first kappa shape index (κ1) is 15.3. The van der Waals surface area contributed by atoms with Crippen LogP contribution in [-0.4, -0.2) is 30.1 Å². The number of aromatic nitrogens is 2. The number of nitrogens with zero attached hydrogens (tertiary/aromatic N) is 2. The zero-order valence-electron chi connectivity index (χ0n) is 11.6. The molecule has 0 spiro atoms. The van der Waals surface area contributed by atoms with Crippen LogP contribution in [0.5, 0.6) is 0 Å². The first-order valence-corrected chi connectivity index (χ1v) is 6.67. The van der Waals surface area contributed by atoms with Gasteiger partial charge in [-0.3, -0.25) is 4.68 Å². The van der Waals surface area contributed by atoms with Crippen LogP contribution < -0.4 is 0 Å². The first-order valence-electron chi connectivity index (χ1n) is 6.67. The fraction of sp³-hybridized carbons (Fsp3) is 0.769. The van der Waals surface area contributed by atoms with Crippen molar-refractivity contribution >= 4 is 0 Å². The van der Waals surface area contributed by atoms with Crippen molar-refractivity contribution in [3.05, 3.63) is 17.5 Å². The maximum absolute atomic E-state index is 12.8. The van der Waals surface area contributed by atoms with Gasteiger partial charge in [0.15, 0.2) is 5.69 Å². The van der Waals surface area contributed by atoms with Gasteiger partial charge in [-0.25, -0.2) is 0 Å². The van der Waals surface area contributed by atoms with E-state index in [4.69, 9.17) is 9.47 Å². The van der Waals surface area contributed by atoms with Gasteiger partial charge in [0.05, 0.1) is 24.9 Å². The van der Waals surface area contributed by atoms with Gasteiger partial charge in [-0.1, -0.05) is 6.92 Å². The molecular weight excluding hydrogens is 273 g/mol. The predicted molar refractivity (Wildman–Crippen MR) is 66.2 cm³/mol. The van der Waals surface area contributed by atoms with Gasteiger partial charge >= 0.3 is 6.18 Å². The molecule has 20 heavy (non-hydrogen) atoms. The third-order valence-electron chi connectivity index (χ3n) is 3.48. The Morgan fingerprint density at radius 1 is 1.50 bits per heavy atom. The van der Waals surface area contributed by atoms with Crippen LogP contribution >= 0.6 is 0 Å². The van der Waals surface area contributed by atoms with Gasteiger partial charge < -0.3 is 9.47 Å². The number of halogens is 3. The van der Waals surface area contributed by atoms with Crippen molar-refractivity contribution in [3.63, 3.8) is 0 Å². The van der Waals surface area contributed by atoms with E-state index in [9.17, 15) is 13.2 Å². The fourth-order valence-corrected chi connectivity index (χ4v) is 2.35. The highest BCUT2D eigenvalue weighted by Crippen LogP contribution is 2.35. The van der Waals surface area contributed by atoms with Crippen LogP contribution in [0, 0.1) is 5.92 Å². The Morgan fingerprint density at radius 2 is 2.25 bits per heavy atom. The van der Waals surface area contributed by atoms with Crippen molar-refractivity contribution in [2.75, 3.05) is 20.3 Å². The molecule has 1 fully saturated rings. The van der Waals surface area contributed by atoms with Crippen LogP contribution in [0.15, 0.2) is 6.07 Å². The molecule has 4 nitrogen and oxygen atoms in total. The summed E-state index contributed by atoms with van der Waals surface area (Å²) in [7, 11) is 1.51. The van der Waals surface area contributed by atoms with E-state index in [1.54, 1.807) is 0 Å². The minimum atomic E-state index is -4.44. The van der Waals surface area contributed by atoms with Gasteiger partial charge in [-0.05, 0) is 24.8 Å². The third kappa shape index (κ3) is 3.52. The van der Waals surface area contributed by atoms with Crippen molar-refractivity contribution in [1.29, 1.82) is 0 Å². The molecule has 0 aromatic carbocycles. The van der Waals surface area contributed by atoms with E-state index in [-0.39, 0.29) is 12.6 Å². The molecule has 0 bridgehead atoms. The van der Waals surface area contributed by atoms with E-state index in [1.807, 2.05) is 0 Å². The minimum absolute atomic E-state index is 0.288. The molecule has 0 saturated carbocycles. The molecule has 0 N–H and O–H groups in total. The first-order chi connectivity index (χ1) is 9.41. The molecule has 114 valence electrons. The highest BCUT2D eigenvalue weighted by Gasteiger charge is 2.36. The van der Waals surface area contributed by atoms with Crippen molar-refractivity contribution < 1.29 is 22.6 Å². The molecule has 2 atom stereocenters. The zero-order chi connectivity index (χ0) is 14.8. The smallest absolute Gasteiger partial charge is 0.383 e. The molecule has 1 aliphatic heterocycles. The standard InChI is InChI=1S/C13H19F3N2O2/c1-9-3-5-20-11(7-9)10-8-12(13(14,15)16)17-18(10)4-6-19-2/h8-9,11H,3-7H2,1-2H3. The van der Waals surface area contributed by atoms with E-state index in [0.29, 0.717) is 24.8 Å². The van der Waals surface area contributed by atoms with Crippen LogP contribution in [0.2, 0.25) is 0 Å². The maximum Gasteiger partial charge on any atom is 0.435 e. The summed E-state index contributed by atoms with van der Waals surface area (Å²) in [5.41, 5.74) is -0.383. The Kier molecular flexibility index (Phi) is 4.70. The van der Waals surface area contributed by atoms with Gasteiger partial charge in [0, 0.05) is 13.7 Å². The molecule has 0 amide bonds. The normalized spacial score (nSPS) is 24.1. The molecule has 7 heteroatoms. The monoisotopic (exact) mass is 292 g/mol. The summed E-state index contributed by atoms with van der Waals surface area (Å²) in [6.45, 7) is 3.25. The zero-order valence-corrected chi connectivity index (χ0v) is 11.6. The van der Waals surface area contributed by atoms with Crippen molar-refractivity contribution in [2.24, 2.45) is 5.92 Å². The fourth-order valence-electron chi connectivity index (χ4n) is 2.35. The highest BCUT2D eigenvalue weighted by molar-refractivity contribution is 5.16. The summed E-state index contributed by atoms with van der Waals surface area (Å²) < 4.78 is 50.3. The second-order valence-corrected chi connectivity index (χ2v) is 5.16. The van der Waals surface area contributed by atoms with E-state index in [1.165, 1.54) is 11.8 Å². The molecular formula is C13H19F3N2O2. The molecule has 0 radical (unpaired) electrons. The quantitative estimate of drug-likeness (QED) is 0.856. The number of hydrogen-bond acceptors (Lipinski definition) is 3. The summed E-state index contributed by atoms with van der Waals surface area (Å²) >= 11 is 0. The van der Waals surface area contributed by atoms with E-state index >= 15 is 0 Å². The SMILES string of the molecule is COCCn1nc(C(F)(F)F)cc1C1CC(C)CCO1. The van der Waals surface area contributed by atoms with Crippen molar-refractivity contribution in [1.82, 2.24) is 9.78 Å². The Balaban J connectivity index is 2.26. The van der Waals surface area contributed by atoms with Gasteiger partial charge in [0.1, 0.15) is 0 Å². The average molecular weight is 292 g/mol. The average Bonchev–Trinajstić information content (AvgIpc) is 2.80. The molecule has 2 rings (SSSR count). The number of hydrogen-bond donors (Lipinski definition) is 0. The molecule has 1 saturated heterocycles. The summed E-state index contributed by atoms with van der Waals surface area (Å²) in [6, 6.07) is 1.10. The lowest BCUT2D eigenvalue weighted by Gasteiger charge is -2.27. The highest BCUT2D eigenvalue weighted by atomic mass is 19.4. The lowest BCUT2D eigenvalue weighted by Crippen LogP contribution is -2.21. The summed E-state index contributed by atoms with van der Waals surface area (Å²) in [6.07, 6.45) is -3.10. The van der Waals surface area contributed by atoms with E-state index in [2.05, 4.69) is 12.0 Å². The van der Waals surface area contributed by atoms with Crippen molar-refractivity contribution in [3.8, 4) is 0 Å². The maximum atomic E-state index is 12.8. The van der Waals surface area contributed by atoms with Crippen LogP contribution in [0.1, 0.15) is 37.3 Å². The summed E-state index contributed by atoms with van der Waals surface area (Å²) in [5, 5.41) is 3.65. The molecule has 2 heterocycles. The minimum Gasteiger partial charge on any atom is -0.383 e. The molecule has 1 aromatic rings. The van der Waals surface area contributed by atoms with Crippen molar-refractivity contribution in [2.45, 2.75) is 38.6 Å². The Morgan fingerprint density at radius 3 is 2.85 bits per heavy atom. The Labute approximate surface area is 115 Å². The second-order valence-electron chi connectivity index (χ2n) is 5.16. The van der Waals surface area contributed by atoms with Crippen LogP contribution in [0.25, 0.3) is 0 Å². The topological polar surface area (TPSA) is 36.3 Å². The van der Waals surface area contributed by atoms with Crippen LogP contribution in [0.4, 0.5) is 13.2 Å². The largest absolute Gasteiger partial charge is 0.435 e.